The molecule has 1 fully saturated rings. The fraction of sp³-hybridized carbons (Fsp3) is 0.600. The Morgan fingerprint density at radius 2 is 2.60 bits per heavy atom. The molecule has 1 aromatic rings. The van der Waals surface area contributed by atoms with E-state index in [1.54, 1.807) is 12.4 Å². The van der Waals surface area contributed by atoms with Crippen LogP contribution in [0.2, 0.25) is 0 Å². The van der Waals surface area contributed by atoms with Crippen LogP contribution in [-0.4, -0.2) is 33.8 Å². The number of rotatable bonds is 3. The standard InChI is InChI=1S/C10H14N2O3/c1-8-11-3-4-12(8)6-10(9(13)14)2-5-15-7-10/h3-4H,2,5-7H2,1H3,(H,13,14). The second-order valence-electron chi connectivity index (χ2n) is 3.99. The lowest BCUT2D eigenvalue weighted by molar-refractivity contribution is -0.149. The van der Waals surface area contributed by atoms with Gasteiger partial charge in [0.1, 0.15) is 11.2 Å². The number of carbonyl (C=O) groups is 1. The van der Waals surface area contributed by atoms with E-state index in [0.717, 1.165) is 5.82 Å². The Hall–Kier alpha value is -1.36. The quantitative estimate of drug-likeness (QED) is 0.796. The van der Waals surface area contributed by atoms with Crippen LogP contribution in [0, 0.1) is 12.3 Å². The predicted octanol–water partition coefficient (Wildman–Crippen LogP) is 0.683. The molecule has 1 unspecified atom stereocenters. The number of aliphatic carboxylic acids is 1. The van der Waals surface area contributed by atoms with Crippen LogP contribution in [0.25, 0.3) is 0 Å². The van der Waals surface area contributed by atoms with E-state index in [9.17, 15) is 9.90 Å². The van der Waals surface area contributed by atoms with Gasteiger partial charge in [0.25, 0.3) is 0 Å². The summed E-state index contributed by atoms with van der Waals surface area (Å²) in [6.07, 6.45) is 4.05. The summed E-state index contributed by atoms with van der Waals surface area (Å²) >= 11 is 0. The van der Waals surface area contributed by atoms with Gasteiger partial charge in [-0.2, -0.15) is 0 Å². The van der Waals surface area contributed by atoms with Crippen molar-refractivity contribution < 1.29 is 14.6 Å². The van der Waals surface area contributed by atoms with Crippen molar-refractivity contribution in [2.24, 2.45) is 5.41 Å². The molecule has 0 aromatic carbocycles. The number of carboxylic acids is 1. The minimum Gasteiger partial charge on any atom is -0.481 e. The molecule has 1 aliphatic heterocycles. The van der Waals surface area contributed by atoms with E-state index in [1.165, 1.54) is 0 Å². The van der Waals surface area contributed by atoms with Crippen molar-refractivity contribution in [1.82, 2.24) is 9.55 Å². The van der Waals surface area contributed by atoms with E-state index in [4.69, 9.17) is 4.74 Å². The Bertz CT molecular complexity index is 366. The first-order valence-corrected chi connectivity index (χ1v) is 4.93. The van der Waals surface area contributed by atoms with Crippen LogP contribution in [0.1, 0.15) is 12.2 Å². The highest BCUT2D eigenvalue weighted by Gasteiger charge is 2.43. The van der Waals surface area contributed by atoms with Crippen LogP contribution >= 0.6 is 0 Å². The van der Waals surface area contributed by atoms with Gasteiger partial charge in [0.2, 0.25) is 0 Å². The summed E-state index contributed by atoms with van der Waals surface area (Å²) in [6.45, 7) is 3.12. The van der Waals surface area contributed by atoms with Gasteiger partial charge in [0, 0.05) is 25.5 Å². The third kappa shape index (κ3) is 1.74. The number of nitrogens with zero attached hydrogens (tertiary/aromatic N) is 2. The molecular formula is C10H14N2O3. The highest BCUT2D eigenvalue weighted by molar-refractivity contribution is 5.75. The summed E-state index contributed by atoms with van der Waals surface area (Å²) in [5.74, 6) is 0.0515. The van der Waals surface area contributed by atoms with E-state index in [0.29, 0.717) is 26.2 Å². The van der Waals surface area contributed by atoms with Crippen molar-refractivity contribution in [2.75, 3.05) is 13.2 Å². The average Bonchev–Trinajstić information content (AvgIpc) is 2.78. The molecule has 1 aliphatic rings. The van der Waals surface area contributed by atoms with E-state index < -0.39 is 11.4 Å². The number of imidazole rings is 1. The first-order valence-electron chi connectivity index (χ1n) is 4.93. The number of carboxylic acid groups (broad SMARTS) is 1. The number of ether oxygens (including phenoxy) is 1. The maximum Gasteiger partial charge on any atom is 0.313 e. The molecule has 0 aliphatic carbocycles. The maximum atomic E-state index is 11.2. The van der Waals surface area contributed by atoms with Gasteiger partial charge in [-0.25, -0.2) is 4.98 Å². The zero-order valence-corrected chi connectivity index (χ0v) is 8.64. The summed E-state index contributed by atoms with van der Waals surface area (Å²) in [6, 6.07) is 0. The van der Waals surface area contributed by atoms with Gasteiger partial charge >= 0.3 is 5.97 Å². The van der Waals surface area contributed by atoms with Crippen LogP contribution in [0.15, 0.2) is 12.4 Å². The van der Waals surface area contributed by atoms with Crippen LogP contribution in [-0.2, 0) is 16.1 Å². The summed E-state index contributed by atoms with van der Waals surface area (Å²) in [5.41, 5.74) is -0.772. The van der Waals surface area contributed by atoms with Crippen molar-refractivity contribution in [3.05, 3.63) is 18.2 Å². The third-order valence-electron chi connectivity index (χ3n) is 2.95. The Balaban J connectivity index is 2.21. The molecule has 0 saturated carbocycles. The SMILES string of the molecule is Cc1nccn1CC1(C(=O)O)CCOC1. The fourth-order valence-electron chi connectivity index (χ4n) is 1.87. The normalized spacial score (nSPS) is 25.7. The van der Waals surface area contributed by atoms with Gasteiger partial charge < -0.3 is 14.4 Å². The van der Waals surface area contributed by atoms with Crippen molar-refractivity contribution in [3.63, 3.8) is 0 Å². The van der Waals surface area contributed by atoms with Crippen LogP contribution in [0.5, 0.6) is 0 Å². The first kappa shape index (κ1) is 10.2. The lowest BCUT2D eigenvalue weighted by atomic mass is 9.87. The van der Waals surface area contributed by atoms with Crippen molar-refractivity contribution in [1.29, 1.82) is 0 Å². The van der Waals surface area contributed by atoms with Crippen molar-refractivity contribution in [3.8, 4) is 0 Å². The molecule has 0 amide bonds. The second-order valence-corrected chi connectivity index (χ2v) is 3.99. The molecule has 1 aromatic heterocycles. The minimum atomic E-state index is -0.784. The van der Waals surface area contributed by atoms with Gasteiger partial charge in [-0.15, -0.1) is 0 Å². The van der Waals surface area contributed by atoms with Gasteiger partial charge in [-0.1, -0.05) is 0 Å². The predicted molar refractivity (Wildman–Crippen MR) is 52.5 cm³/mol. The molecule has 15 heavy (non-hydrogen) atoms. The van der Waals surface area contributed by atoms with Gasteiger partial charge in [0.15, 0.2) is 0 Å². The molecule has 0 radical (unpaired) electrons. The van der Waals surface area contributed by atoms with Crippen molar-refractivity contribution in [2.45, 2.75) is 19.9 Å². The molecule has 1 N–H and O–H groups in total. The van der Waals surface area contributed by atoms with Gasteiger partial charge in [-0.3, -0.25) is 4.79 Å². The molecule has 1 atom stereocenters. The van der Waals surface area contributed by atoms with Gasteiger partial charge in [0.05, 0.1) is 6.61 Å². The largest absolute Gasteiger partial charge is 0.481 e. The van der Waals surface area contributed by atoms with E-state index in [1.807, 2.05) is 11.5 Å². The molecule has 1 saturated heterocycles. The number of hydrogen-bond acceptors (Lipinski definition) is 3. The number of aryl methyl sites for hydroxylation is 1. The molecule has 0 bridgehead atoms. The van der Waals surface area contributed by atoms with Crippen LogP contribution in [0.4, 0.5) is 0 Å². The van der Waals surface area contributed by atoms with E-state index in [-0.39, 0.29) is 0 Å². The number of hydrogen-bond donors (Lipinski definition) is 1. The van der Waals surface area contributed by atoms with Crippen LogP contribution in [0.3, 0.4) is 0 Å². The van der Waals surface area contributed by atoms with E-state index in [2.05, 4.69) is 4.98 Å². The molecule has 0 spiro atoms. The average molecular weight is 210 g/mol. The smallest absolute Gasteiger partial charge is 0.313 e. The molecular weight excluding hydrogens is 196 g/mol. The van der Waals surface area contributed by atoms with E-state index >= 15 is 0 Å². The fourth-order valence-corrected chi connectivity index (χ4v) is 1.87. The Kier molecular flexibility index (Phi) is 2.48. The third-order valence-corrected chi connectivity index (χ3v) is 2.95. The molecule has 82 valence electrons. The summed E-state index contributed by atoms with van der Waals surface area (Å²) in [7, 11) is 0. The lowest BCUT2D eigenvalue weighted by Crippen LogP contribution is -2.36. The molecule has 5 heteroatoms. The zero-order chi connectivity index (χ0) is 10.9. The highest BCUT2D eigenvalue weighted by Crippen LogP contribution is 2.31. The molecule has 2 heterocycles. The highest BCUT2D eigenvalue weighted by atomic mass is 16.5. The summed E-state index contributed by atoms with van der Waals surface area (Å²) in [4.78, 5) is 15.3. The Morgan fingerprint density at radius 3 is 3.07 bits per heavy atom. The summed E-state index contributed by atoms with van der Waals surface area (Å²) in [5, 5.41) is 9.24. The zero-order valence-electron chi connectivity index (χ0n) is 8.64. The maximum absolute atomic E-state index is 11.2. The Morgan fingerprint density at radius 1 is 1.80 bits per heavy atom. The van der Waals surface area contributed by atoms with Crippen LogP contribution < -0.4 is 0 Å². The lowest BCUT2D eigenvalue weighted by Gasteiger charge is -2.22. The second kappa shape index (κ2) is 3.66. The Labute approximate surface area is 87.7 Å². The summed E-state index contributed by atoms with van der Waals surface area (Å²) < 4.78 is 7.06. The molecule has 2 rings (SSSR count). The topological polar surface area (TPSA) is 64.4 Å². The minimum absolute atomic E-state index is 0.292. The monoisotopic (exact) mass is 210 g/mol. The van der Waals surface area contributed by atoms with Gasteiger partial charge in [-0.05, 0) is 13.3 Å². The van der Waals surface area contributed by atoms with Crippen molar-refractivity contribution >= 4 is 5.97 Å². The molecule has 5 nitrogen and oxygen atoms in total. The number of aromatic nitrogens is 2. The first-order chi connectivity index (χ1) is 7.14.